The first-order valence-electron chi connectivity index (χ1n) is 5.61. The Kier molecular flexibility index (Phi) is 3.94. The molecule has 1 aromatic carbocycles. The number of nitrogens with one attached hydrogen (secondary N) is 1. The molecular formula is C13H14N4O2. The topological polar surface area (TPSA) is 92.8 Å². The zero-order chi connectivity index (χ0) is 13.7. The highest BCUT2D eigenvalue weighted by molar-refractivity contribution is 5.58. The van der Waals surface area contributed by atoms with E-state index in [0.29, 0.717) is 17.3 Å². The van der Waals surface area contributed by atoms with Crippen molar-refractivity contribution >= 4 is 17.8 Å². The van der Waals surface area contributed by atoms with Gasteiger partial charge in [-0.05, 0) is 36.8 Å². The summed E-state index contributed by atoms with van der Waals surface area (Å²) in [5.41, 5.74) is 9.14. The molecular weight excluding hydrogens is 244 g/mol. The molecule has 6 nitrogen and oxygen atoms in total. The average molecular weight is 258 g/mol. The van der Waals surface area contributed by atoms with E-state index in [1.165, 1.54) is 0 Å². The summed E-state index contributed by atoms with van der Waals surface area (Å²) in [6, 6.07) is 8.80. The minimum atomic E-state index is 0.423. The van der Waals surface area contributed by atoms with E-state index in [9.17, 15) is 0 Å². The van der Waals surface area contributed by atoms with Gasteiger partial charge in [-0.3, -0.25) is 10.7 Å². The molecule has 0 unspecified atom stereocenters. The van der Waals surface area contributed by atoms with E-state index >= 15 is 0 Å². The monoisotopic (exact) mass is 258 g/mol. The van der Waals surface area contributed by atoms with Gasteiger partial charge in [0.15, 0.2) is 5.82 Å². The second kappa shape index (κ2) is 5.83. The van der Waals surface area contributed by atoms with Crippen molar-refractivity contribution in [2.75, 3.05) is 5.73 Å². The number of nitrogens with two attached hydrogens (primary N) is 1. The van der Waals surface area contributed by atoms with Crippen LogP contribution in [0.1, 0.15) is 5.56 Å². The highest BCUT2D eigenvalue weighted by Gasteiger charge is 2.03. The number of aryl methyl sites for hydroxylation is 1. The number of benzene rings is 1. The molecule has 0 aliphatic carbocycles. The maximum Gasteiger partial charge on any atom is 0.157 e. The second-order valence-electron chi connectivity index (χ2n) is 3.86. The molecule has 0 bridgehead atoms. The highest BCUT2D eigenvalue weighted by atomic mass is 16.5. The van der Waals surface area contributed by atoms with Crippen molar-refractivity contribution in [1.29, 1.82) is 0 Å². The molecule has 0 spiro atoms. The molecule has 0 atom stereocenters. The summed E-state index contributed by atoms with van der Waals surface area (Å²) in [4.78, 5) is 7.87. The van der Waals surface area contributed by atoms with Crippen LogP contribution in [0.25, 0.3) is 0 Å². The van der Waals surface area contributed by atoms with Crippen molar-refractivity contribution in [2.24, 2.45) is 4.99 Å². The van der Waals surface area contributed by atoms with Crippen LogP contribution >= 0.6 is 0 Å². The lowest BCUT2D eigenvalue weighted by Crippen LogP contribution is -2.01. The summed E-state index contributed by atoms with van der Waals surface area (Å²) < 4.78 is 5.73. The number of nitrogen functional groups attached to an aromatic ring is 1. The first kappa shape index (κ1) is 12.8. The van der Waals surface area contributed by atoms with Gasteiger partial charge in [0.1, 0.15) is 17.8 Å². The smallest absolute Gasteiger partial charge is 0.157 e. The van der Waals surface area contributed by atoms with Gasteiger partial charge in [-0.1, -0.05) is 0 Å². The molecule has 0 aliphatic rings. The number of hydrogen-bond donors (Lipinski definition) is 3. The van der Waals surface area contributed by atoms with Gasteiger partial charge in [0.05, 0.1) is 0 Å². The molecule has 0 amide bonds. The SMILES string of the molecule is Cc1cc(N)ccc1Oc1ccnc(N=CNO)c1. The van der Waals surface area contributed by atoms with Gasteiger partial charge in [0.2, 0.25) is 0 Å². The maximum atomic E-state index is 8.42. The molecule has 19 heavy (non-hydrogen) atoms. The molecule has 0 saturated heterocycles. The summed E-state index contributed by atoms with van der Waals surface area (Å²) in [6.07, 6.45) is 2.70. The fourth-order valence-electron chi connectivity index (χ4n) is 1.54. The molecule has 2 aromatic rings. The number of nitrogens with zero attached hydrogens (tertiary/aromatic N) is 2. The largest absolute Gasteiger partial charge is 0.457 e. The fourth-order valence-corrected chi connectivity index (χ4v) is 1.54. The standard InChI is InChI=1S/C13H14N4O2/c1-9-6-10(14)2-3-12(9)19-11-4-5-15-13(7-11)16-8-17-18/h2-8,18H,14H2,1H3,(H,15,16,17). The molecule has 0 aliphatic heterocycles. The van der Waals surface area contributed by atoms with Gasteiger partial charge in [-0.25, -0.2) is 9.98 Å². The summed E-state index contributed by atoms with van der Waals surface area (Å²) >= 11 is 0. The van der Waals surface area contributed by atoms with Crippen molar-refractivity contribution in [2.45, 2.75) is 6.92 Å². The number of anilines is 1. The number of aliphatic imine (C=N–C) groups is 1. The van der Waals surface area contributed by atoms with E-state index in [0.717, 1.165) is 17.7 Å². The van der Waals surface area contributed by atoms with Gasteiger partial charge in [0.25, 0.3) is 0 Å². The van der Waals surface area contributed by atoms with Gasteiger partial charge in [0, 0.05) is 18.0 Å². The summed E-state index contributed by atoms with van der Waals surface area (Å²) in [6.45, 7) is 1.92. The molecule has 0 fully saturated rings. The quantitative estimate of drug-likeness (QED) is 0.339. The van der Waals surface area contributed by atoms with E-state index in [-0.39, 0.29) is 0 Å². The molecule has 1 heterocycles. The summed E-state index contributed by atoms with van der Waals surface area (Å²) in [7, 11) is 0. The maximum absolute atomic E-state index is 8.42. The van der Waals surface area contributed by atoms with Crippen LogP contribution in [0.4, 0.5) is 11.5 Å². The normalized spacial score (nSPS) is 10.6. The fraction of sp³-hybridized carbons (Fsp3) is 0.0769. The first-order valence-corrected chi connectivity index (χ1v) is 5.61. The van der Waals surface area contributed by atoms with Crippen molar-refractivity contribution in [1.82, 2.24) is 10.5 Å². The molecule has 0 saturated carbocycles. The number of hydroxylamine groups is 1. The Hall–Kier alpha value is -2.60. The molecule has 98 valence electrons. The Bertz CT molecular complexity index is 599. The Morgan fingerprint density at radius 2 is 2.21 bits per heavy atom. The number of ether oxygens (including phenoxy) is 1. The van der Waals surface area contributed by atoms with Crippen molar-refractivity contribution in [3.63, 3.8) is 0 Å². The lowest BCUT2D eigenvalue weighted by Gasteiger charge is -2.09. The third-order valence-electron chi connectivity index (χ3n) is 2.40. The van der Waals surface area contributed by atoms with Crippen LogP contribution < -0.4 is 16.0 Å². The van der Waals surface area contributed by atoms with Gasteiger partial charge >= 0.3 is 0 Å². The van der Waals surface area contributed by atoms with Gasteiger partial charge < -0.3 is 10.5 Å². The number of pyridine rings is 1. The molecule has 6 heteroatoms. The Labute approximate surface area is 110 Å². The predicted molar refractivity (Wildman–Crippen MR) is 73.0 cm³/mol. The minimum Gasteiger partial charge on any atom is -0.457 e. The van der Waals surface area contributed by atoms with E-state index in [1.807, 2.05) is 24.5 Å². The van der Waals surface area contributed by atoms with Gasteiger partial charge in [-0.2, -0.15) is 0 Å². The second-order valence-corrected chi connectivity index (χ2v) is 3.86. The van der Waals surface area contributed by atoms with Crippen LogP contribution in [0.5, 0.6) is 11.5 Å². The Morgan fingerprint density at radius 3 is 2.95 bits per heavy atom. The van der Waals surface area contributed by atoms with Crippen LogP contribution in [-0.2, 0) is 0 Å². The minimum absolute atomic E-state index is 0.423. The molecule has 0 radical (unpaired) electrons. The zero-order valence-electron chi connectivity index (χ0n) is 10.4. The van der Waals surface area contributed by atoms with Crippen molar-refractivity contribution in [3.05, 3.63) is 42.1 Å². The number of rotatable bonds is 4. The molecule has 2 rings (SSSR count). The van der Waals surface area contributed by atoms with Crippen LogP contribution in [-0.4, -0.2) is 16.5 Å². The van der Waals surface area contributed by atoms with Crippen LogP contribution in [0, 0.1) is 6.92 Å². The third kappa shape index (κ3) is 3.43. The average Bonchev–Trinajstić information content (AvgIpc) is 2.40. The van der Waals surface area contributed by atoms with Gasteiger partial charge in [-0.15, -0.1) is 0 Å². The lowest BCUT2D eigenvalue weighted by atomic mass is 10.2. The van der Waals surface area contributed by atoms with Crippen molar-refractivity contribution in [3.8, 4) is 11.5 Å². The Balaban J connectivity index is 2.21. The van der Waals surface area contributed by atoms with Crippen LogP contribution in [0.15, 0.2) is 41.5 Å². The first-order chi connectivity index (χ1) is 9.19. The highest BCUT2D eigenvalue weighted by Crippen LogP contribution is 2.27. The summed E-state index contributed by atoms with van der Waals surface area (Å²) in [5.74, 6) is 1.75. The Morgan fingerprint density at radius 1 is 1.37 bits per heavy atom. The van der Waals surface area contributed by atoms with E-state index in [2.05, 4.69) is 9.98 Å². The number of hydrogen-bond acceptors (Lipinski definition) is 5. The van der Waals surface area contributed by atoms with Crippen molar-refractivity contribution < 1.29 is 9.94 Å². The van der Waals surface area contributed by atoms with E-state index < -0.39 is 0 Å². The number of aromatic nitrogens is 1. The van der Waals surface area contributed by atoms with Crippen LogP contribution in [0.3, 0.4) is 0 Å². The van der Waals surface area contributed by atoms with Crippen LogP contribution in [0.2, 0.25) is 0 Å². The zero-order valence-corrected chi connectivity index (χ0v) is 10.4. The summed E-state index contributed by atoms with van der Waals surface area (Å²) in [5, 5.41) is 8.42. The predicted octanol–water partition coefficient (Wildman–Crippen LogP) is 2.40. The lowest BCUT2D eigenvalue weighted by molar-refractivity contribution is 0.240. The molecule has 4 N–H and O–H groups in total. The molecule has 1 aromatic heterocycles. The third-order valence-corrected chi connectivity index (χ3v) is 2.40. The van der Waals surface area contributed by atoms with E-state index in [4.69, 9.17) is 15.7 Å². The van der Waals surface area contributed by atoms with E-state index in [1.54, 1.807) is 24.4 Å².